The highest BCUT2D eigenvalue weighted by Crippen LogP contribution is 2.30. The van der Waals surface area contributed by atoms with Crippen LogP contribution in [0.15, 0.2) is 0 Å². The number of hydrogen-bond acceptors (Lipinski definition) is 3. The molecule has 0 aromatic carbocycles. The van der Waals surface area contributed by atoms with Gasteiger partial charge in [0, 0.05) is 24.6 Å². The molecule has 0 bridgehead atoms. The number of rotatable bonds is 0. The van der Waals surface area contributed by atoms with Gasteiger partial charge in [-0.1, -0.05) is 0 Å². The van der Waals surface area contributed by atoms with Gasteiger partial charge in [0.15, 0.2) is 0 Å². The molecular weight excluding hydrogens is 220 g/mol. The van der Waals surface area contributed by atoms with Gasteiger partial charge in [-0.15, -0.1) is 0 Å². The maximum Gasteiger partial charge on any atom is 0.407 e. The maximum absolute atomic E-state index is 10.9. The number of thioether (sulfide) groups is 1. The molecule has 2 rings (SSSR count). The molecule has 0 radical (unpaired) electrons. The molecule has 2 aliphatic rings. The van der Waals surface area contributed by atoms with Crippen LogP contribution in [0.3, 0.4) is 0 Å². The first-order valence-corrected chi connectivity index (χ1v) is 5.83. The van der Waals surface area contributed by atoms with Crippen LogP contribution in [0, 0.1) is 0 Å². The number of piperazine rings is 1. The van der Waals surface area contributed by atoms with Gasteiger partial charge in [0.1, 0.15) is 0 Å². The Kier molecular flexibility index (Phi) is 2.64. The second-order valence-electron chi connectivity index (χ2n) is 3.62. The number of hydrogen-bond donors (Lipinski definition) is 2. The lowest BCUT2D eigenvalue weighted by atomic mass is 10.1. The molecule has 15 heavy (non-hydrogen) atoms. The van der Waals surface area contributed by atoms with E-state index < -0.39 is 12.2 Å². The van der Waals surface area contributed by atoms with Crippen LogP contribution in [0.2, 0.25) is 0 Å². The van der Waals surface area contributed by atoms with Crippen molar-refractivity contribution >= 4 is 23.9 Å². The number of nitrogens with zero attached hydrogens (tertiary/aromatic N) is 2. The van der Waals surface area contributed by atoms with Crippen molar-refractivity contribution in [1.29, 1.82) is 0 Å². The van der Waals surface area contributed by atoms with E-state index in [-0.39, 0.29) is 25.2 Å². The molecule has 2 aliphatic heterocycles. The van der Waals surface area contributed by atoms with Gasteiger partial charge in [-0.2, -0.15) is 11.8 Å². The molecule has 2 unspecified atom stereocenters. The van der Waals surface area contributed by atoms with E-state index in [0.717, 1.165) is 0 Å². The molecule has 2 saturated heterocycles. The van der Waals surface area contributed by atoms with Gasteiger partial charge in [-0.25, -0.2) is 9.59 Å². The number of amides is 2. The zero-order valence-electron chi connectivity index (χ0n) is 8.00. The highest BCUT2D eigenvalue weighted by molar-refractivity contribution is 7.99. The first-order chi connectivity index (χ1) is 7.11. The SMILES string of the molecule is O=C(O)N1CCN(C(=O)O)C2CSCC21. The molecule has 2 heterocycles. The van der Waals surface area contributed by atoms with Crippen LogP contribution in [0.4, 0.5) is 9.59 Å². The summed E-state index contributed by atoms with van der Waals surface area (Å²) < 4.78 is 0. The lowest BCUT2D eigenvalue weighted by Crippen LogP contribution is -2.61. The molecule has 84 valence electrons. The second kappa shape index (κ2) is 3.80. The van der Waals surface area contributed by atoms with E-state index in [9.17, 15) is 9.59 Å². The third-order valence-corrected chi connectivity index (χ3v) is 4.05. The standard InChI is InChI=1S/C8H12N2O4S/c11-7(12)9-1-2-10(8(13)14)6-4-15-3-5(6)9/h5-6H,1-4H2,(H,11,12)(H,13,14). The van der Waals surface area contributed by atoms with Gasteiger partial charge in [0.05, 0.1) is 12.1 Å². The van der Waals surface area contributed by atoms with E-state index in [1.54, 1.807) is 11.8 Å². The molecule has 0 aromatic rings. The van der Waals surface area contributed by atoms with E-state index in [1.807, 2.05) is 0 Å². The molecule has 7 heteroatoms. The summed E-state index contributed by atoms with van der Waals surface area (Å²) in [6, 6.07) is -0.338. The minimum atomic E-state index is -0.947. The Labute approximate surface area is 90.8 Å². The fraction of sp³-hybridized carbons (Fsp3) is 0.750. The van der Waals surface area contributed by atoms with Crippen molar-refractivity contribution in [3.05, 3.63) is 0 Å². The van der Waals surface area contributed by atoms with Crippen LogP contribution in [0.5, 0.6) is 0 Å². The number of fused-ring (bicyclic) bond motifs is 1. The van der Waals surface area contributed by atoms with Gasteiger partial charge in [0.25, 0.3) is 0 Å². The van der Waals surface area contributed by atoms with E-state index in [2.05, 4.69) is 0 Å². The Morgan fingerprint density at radius 1 is 1.00 bits per heavy atom. The van der Waals surface area contributed by atoms with Gasteiger partial charge in [-0.3, -0.25) is 0 Å². The van der Waals surface area contributed by atoms with Crippen molar-refractivity contribution < 1.29 is 19.8 Å². The van der Waals surface area contributed by atoms with Crippen LogP contribution in [-0.2, 0) is 0 Å². The van der Waals surface area contributed by atoms with Gasteiger partial charge >= 0.3 is 12.2 Å². The summed E-state index contributed by atoms with van der Waals surface area (Å²) in [7, 11) is 0. The molecule has 2 N–H and O–H groups in total. The Balaban J connectivity index is 2.16. The van der Waals surface area contributed by atoms with Gasteiger partial charge in [0.2, 0.25) is 0 Å². The summed E-state index contributed by atoms with van der Waals surface area (Å²) in [5.74, 6) is 1.39. The van der Waals surface area contributed by atoms with E-state index >= 15 is 0 Å². The molecule has 2 atom stereocenters. The smallest absolute Gasteiger partial charge is 0.407 e. The van der Waals surface area contributed by atoms with Crippen molar-refractivity contribution in [2.75, 3.05) is 24.6 Å². The first kappa shape index (κ1) is 10.4. The lowest BCUT2D eigenvalue weighted by Gasteiger charge is -2.41. The summed E-state index contributed by atoms with van der Waals surface area (Å²) >= 11 is 1.61. The monoisotopic (exact) mass is 232 g/mol. The molecule has 0 spiro atoms. The van der Waals surface area contributed by atoms with Crippen molar-refractivity contribution in [3.63, 3.8) is 0 Å². The molecule has 0 aromatic heterocycles. The number of carbonyl (C=O) groups is 2. The van der Waals surface area contributed by atoms with Crippen LogP contribution in [-0.4, -0.2) is 68.9 Å². The molecule has 2 fully saturated rings. The molecular formula is C8H12N2O4S. The van der Waals surface area contributed by atoms with Gasteiger partial charge < -0.3 is 20.0 Å². The zero-order chi connectivity index (χ0) is 11.0. The summed E-state index contributed by atoms with van der Waals surface area (Å²) in [5.41, 5.74) is 0. The third kappa shape index (κ3) is 1.71. The van der Waals surface area contributed by atoms with Crippen molar-refractivity contribution in [2.24, 2.45) is 0 Å². The van der Waals surface area contributed by atoms with E-state index in [4.69, 9.17) is 10.2 Å². The van der Waals surface area contributed by atoms with Crippen molar-refractivity contribution in [2.45, 2.75) is 12.1 Å². The average Bonchev–Trinajstić information content (AvgIpc) is 2.63. The van der Waals surface area contributed by atoms with E-state index in [0.29, 0.717) is 11.5 Å². The van der Waals surface area contributed by atoms with Crippen LogP contribution < -0.4 is 0 Å². The summed E-state index contributed by atoms with van der Waals surface area (Å²) in [6.45, 7) is 0.562. The van der Waals surface area contributed by atoms with Crippen LogP contribution >= 0.6 is 11.8 Å². The van der Waals surface area contributed by atoms with Crippen molar-refractivity contribution in [1.82, 2.24) is 9.80 Å². The van der Waals surface area contributed by atoms with E-state index in [1.165, 1.54) is 9.80 Å². The Bertz CT molecular complexity index is 270. The topological polar surface area (TPSA) is 81.1 Å². The Morgan fingerprint density at radius 3 is 1.73 bits per heavy atom. The zero-order valence-corrected chi connectivity index (χ0v) is 8.81. The average molecular weight is 232 g/mol. The molecule has 2 amide bonds. The predicted octanol–water partition coefficient (Wildman–Crippen LogP) is 0.444. The largest absolute Gasteiger partial charge is 0.465 e. The summed E-state index contributed by atoms with van der Waals surface area (Å²) in [6.07, 6.45) is -1.89. The Hall–Kier alpha value is -1.11. The van der Waals surface area contributed by atoms with Crippen LogP contribution in [0.1, 0.15) is 0 Å². The quantitative estimate of drug-likeness (QED) is 0.633. The highest BCUT2D eigenvalue weighted by Gasteiger charge is 2.44. The summed E-state index contributed by atoms with van der Waals surface area (Å²) in [4.78, 5) is 24.6. The number of carboxylic acid groups (broad SMARTS) is 2. The predicted molar refractivity (Wildman–Crippen MR) is 54.4 cm³/mol. The Morgan fingerprint density at radius 2 is 1.40 bits per heavy atom. The summed E-state index contributed by atoms with van der Waals surface area (Å²) in [5, 5.41) is 17.9. The van der Waals surface area contributed by atoms with Gasteiger partial charge in [-0.05, 0) is 0 Å². The fourth-order valence-electron chi connectivity index (χ4n) is 2.15. The van der Waals surface area contributed by atoms with Crippen LogP contribution in [0.25, 0.3) is 0 Å². The maximum atomic E-state index is 10.9. The molecule has 0 aliphatic carbocycles. The second-order valence-corrected chi connectivity index (χ2v) is 4.70. The molecule has 6 nitrogen and oxygen atoms in total. The molecule has 0 saturated carbocycles. The minimum absolute atomic E-state index is 0.169. The normalized spacial score (nSPS) is 30.1. The van der Waals surface area contributed by atoms with Crippen molar-refractivity contribution in [3.8, 4) is 0 Å². The lowest BCUT2D eigenvalue weighted by molar-refractivity contribution is 0.0457. The highest BCUT2D eigenvalue weighted by atomic mass is 32.2. The third-order valence-electron chi connectivity index (χ3n) is 2.90. The first-order valence-electron chi connectivity index (χ1n) is 4.68. The minimum Gasteiger partial charge on any atom is -0.465 e. The fourth-order valence-corrected chi connectivity index (χ4v) is 3.57.